The number of carboxylic acid groups (broad SMARTS) is 1. The molecule has 0 bridgehead atoms. The van der Waals surface area contributed by atoms with Crippen molar-refractivity contribution < 1.29 is 29.3 Å². The Hall–Kier alpha value is -3.36. The van der Waals surface area contributed by atoms with Crippen molar-refractivity contribution in [3.63, 3.8) is 0 Å². The Labute approximate surface area is 264 Å². The SMILES string of the molecule is CC(C)(C)OC(=O)N[C@@H]1CCCCC/C=C\[C@@H]2C[C@]2(C(=O)O)NC(=O)[C@@H]2C[C@H](n3nnc(-c4ccc(Br)cc4)n3)CN2[C@@H]1O. The molecule has 238 valence electrons. The number of ether oxygens (including phenoxy) is 1. The summed E-state index contributed by atoms with van der Waals surface area (Å²) in [7, 11) is 0. The summed E-state index contributed by atoms with van der Waals surface area (Å²) < 4.78 is 6.39. The van der Waals surface area contributed by atoms with E-state index in [4.69, 9.17) is 4.74 Å². The van der Waals surface area contributed by atoms with Crippen LogP contribution in [0.15, 0.2) is 40.9 Å². The molecule has 2 aromatic rings. The molecule has 2 amide bonds. The maximum Gasteiger partial charge on any atom is 0.408 e. The minimum atomic E-state index is -1.39. The number of carboxylic acids is 1. The van der Waals surface area contributed by atoms with E-state index in [1.165, 1.54) is 4.80 Å². The van der Waals surface area contributed by atoms with Crippen LogP contribution in [0.25, 0.3) is 11.4 Å². The fourth-order valence-corrected chi connectivity index (χ4v) is 6.23. The van der Waals surface area contributed by atoms with Gasteiger partial charge in [-0.25, -0.2) is 9.59 Å². The first kappa shape index (κ1) is 32.0. The summed E-state index contributed by atoms with van der Waals surface area (Å²) in [6.07, 6.45) is 6.11. The van der Waals surface area contributed by atoms with Crippen LogP contribution in [0.3, 0.4) is 0 Å². The van der Waals surface area contributed by atoms with Crippen molar-refractivity contribution in [1.29, 1.82) is 0 Å². The Morgan fingerprint density at radius 2 is 1.93 bits per heavy atom. The van der Waals surface area contributed by atoms with Crippen molar-refractivity contribution in [2.75, 3.05) is 6.54 Å². The van der Waals surface area contributed by atoms with Gasteiger partial charge < -0.3 is 25.6 Å². The van der Waals surface area contributed by atoms with Crippen molar-refractivity contribution >= 4 is 33.9 Å². The second-order valence-corrected chi connectivity index (χ2v) is 13.8. The number of benzene rings is 1. The smallest absolute Gasteiger partial charge is 0.408 e. The molecule has 5 rings (SSSR count). The third-order valence-electron chi connectivity index (χ3n) is 8.38. The molecule has 6 atom stereocenters. The molecular formula is C30H40BrN7O6. The lowest BCUT2D eigenvalue weighted by molar-refractivity contribution is -0.145. The van der Waals surface area contributed by atoms with E-state index in [-0.39, 0.29) is 18.9 Å². The number of carbonyl (C=O) groups excluding carboxylic acids is 2. The van der Waals surface area contributed by atoms with Gasteiger partial charge >= 0.3 is 12.1 Å². The van der Waals surface area contributed by atoms with E-state index < -0.39 is 53.5 Å². The van der Waals surface area contributed by atoms with Crippen LogP contribution in [0, 0.1) is 5.92 Å². The number of fused-ring (bicyclic) bond motifs is 2. The molecule has 14 heteroatoms. The molecule has 44 heavy (non-hydrogen) atoms. The molecule has 1 aromatic heterocycles. The van der Waals surface area contributed by atoms with Crippen molar-refractivity contribution in [2.24, 2.45) is 5.92 Å². The molecule has 1 aliphatic carbocycles. The van der Waals surface area contributed by atoms with E-state index >= 15 is 0 Å². The highest BCUT2D eigenvalue weighted by Gasteiger charge is 2.61. The largest absolute Gasteiger partial charge is 0.479 e. The second kappa shape index (κ2) is 12.9. The number of nitrogens with one attached hydrogen (secondary N) is 2. The number of tetrazole rings is 1. The third-order valence-corrected chi connectivity index (χ3v) is 8.90. The van der Waals surface area contributed by atoms with Gasteiger partial charge in [-0.2, -0.15) is 4.80 Å². The Kier molecular flexibility index (Phi) is 9.42. The van der Waals surface area contributed by atoms with Crippen LogP contribution in [-0.2, 0) is 14.3 Å². The summed E-state index contributed by atoms with van der Waals surface area (Å²) in [5.41, 5.74) is -1.36. The van der Waals surface area contributed by atoms with E-state index in [2.05, 4.69) is 42.0 Å². The lowest BCUT2D eigenvalue weighted by atomic mass is 10.0. The number of allylic oxidation sites excluding steroid dienone is 1. The number of amides is 2. The number of aliphatic carboxylic acids is 1. The Morgan fingerprint density at radius 1 is 1.18 bits per heavy atom. The average Bonchev–Trinajstić information content (AvgIpc) is 3.26. The van der Waals surface area contributed by atoms with Crippen LogP contribution >= 0.6 is 15.9 Å². The standard InChI is InChI=1S/C30H40BrN7O6/c1-29(2,3)44-28(43)32-22-10-8-6-4-5-7-9-19-16-30(19,27(41)42)33-25(39)23-15-21(17-37(23)26(22)40)38-35-24(34-36-38)18-11-13-20(31)14-12-18/h7,9,11-14,19,21-23,26,40H,4-6,8,10,15-17H2,1-3H3,(H,32,43)(H,33,39)(H,41,42)/b9-7-/t19-,21+,22-,23+,26-,30+/m1/s1. The number of hydrogen-bond acceptors (Lipinski definition) is 9. The molecule has 0 unspecified atom stereocenters. The monoisotopic (exact) mass is 673 g/mol. The number of aliphatic hydroxyl groups excluding tert-OH is 1. The number of nitrogens with zero attached hydrogens (tertiary/aromatic N) is 5. The molecular weight excluding hydrogens is 634 g/mol. The van der Waals surface area contributed by atoms with Crippen LogP contribution in [0.1, 0.15) is 71.8 Å². The number of aromatic nitrogens is 4. The van der Waals surface area contributed by atoms with Gasteiger partial charge in [-0.3, -0.25) is 9.69 Å². The van der Waals surface area contributed by atoms with E-state index in [0.29, 0.717) is 18.7 Å². The molecule has 13 nitrogen and oxygen atoms in total. The zero-order valence-electron chi connectivity index (χ0n) is 25.1. The topological polar surface area (TPSA) is 172 Å². The van der Waals surface area contributed by atoms with Gasteiger partial charge in [0.15, 0.2) is 0 Å². The Bertz CT molecular complexity index is 1390. The molecule has 2 aliphatic heterocycles. The van der Waals surface area contributed by atoms with Gasteiger partial charge in [0, 0.05) is 22.5 Å². The summed E-state index contributed by atoms with van der Waals surface area (Å²) >= 11 is 3.42. The molecule has 2 fully saturated rings. The summed E-state index contributed by atoms with van der Waals surface area (Å²) in [6.45, 7) is 5.45. The van der Waals surface area contributed by atoms with E-state index in [9.17, 15) is 24.6 Å². The van der Waals surface area contributed by atoms with Crippen molar-refractivity contribution in [2.45, 2.75) is 101 Å². The highest BCUT2D eigenvalue weighted by molar-refractivity contribution is 9.10. The van der Waals surface area contributed by atoms with Gasteiger partial charge in [-0.05, 0) is 82.4 Å². The number of rotatable bonds is 4. The van der Waals surface area contributed by atoms with Gasteiger partial charge in [0.25, 0.3) is 0 Å². The first-order valence-electron chi connectivity index (χ1n) is 15.1. The number of halogens is 1. The van der Waals surface area contributed by atoms with Gasteiger partial charge in [0.2, 0.25) is 11.7 Å². The van der Waals surface area contributed by atoms with Gasteiger partial charge in [0.1, 0.15) is 17.4 Å². The maximum absolute atomic E-state index is 13.8. The highest BCUT2D eigenvalue weighted by Crippen LogP contribution is 2.45. The van der Waals surface area contributed by atoms with Crippen molar-refractivity contribution in [3.8, 4) is 11.4 Å². The molecule has 1 aromatic carbocycles. The summed E-state index contributed by atoms with van der Waals surface area (Å²) in [5, 5.41) is 40.5. The first-order chi connectivity index (χ1) is 20.9. The fourth-order valence-electron chi connectivity index (χ4n) is 5.97. The summed E-state index contributed by atoms with van der Waals surface area (Å²) in [4.78, 5) is 42.0. The summed E-state index contributed by atoms with van der Waals surface area (Å²) in [6, 6.07) is 5.36. The van der Waals surface area contributed by atoms with Gasteiger partial charge in [-0.1, -0.05) is 40.9 Å². The quantitative estimate of drug-likeness (QED) is 0.353. The predicted molar refractivity (Wildman–Crippen MR) is 163 cm³/mol. The zero-order valence-corrected chi connectivity index (χ0v) is 26.7. The van der Waals surface area contributed by atoms with Crippen molar-refractivity contribution in [1.82, 2.24) is 35.7 Å². The van der Waals surface area contributed by atoms with E-state index in [1.54, 1.807) is 25.7 Å². The van der Waals surface area contributed by atoms with Crippen LogP contribution in [-0.4, -0.2) is 89.3 Å². The van der Waals surface area contributed by atoms with Gasteiger partial charge in [0.05, 0.1) is 18.1 Å². The molecule has 0 radical (unpaired) electrons. The fraction of sp³-hybridized carbons (Fsp3) is 0.600. The van der Waals surface area contributed by atoms with E-state index in [0.717, 1.165) is 35.7 Å². The minimum absolute atomic E-state index is 0.172. The number of carbonyl (C=O) groups is 3. The molecule has 3 aliphatic rings. The van der Waals surface area contributed by atoms with Crippen LogP contribution in [0.4, 0.5) is 4.79 Å². The predicted octanol–water partition coefficient (Wildman–Crippen LogP) is 3.41. The lowest BCUT2D eigenvalue weighted by Gasteiger charge is -2.35. The first-order valence-corrected chi connectivity index (χ1v) is 15.9. The van der Waals surface area contributed by atoms with Gasteiger partial charge in [-0.15, -0.1) is 10.2 Å². The molecule has 1 saturated heterocycles. The minimum Gasteiger partial charge on any atom is -0.479 e. The van der Waals surface area contributed by atoms with Crippen molar-refractivity contribution in [3.05, 3.63) is 40.9 Å². The Balaban J connectivity index is 1.43. The highest BCUT2D eigenvalue weighted by atomic mass is 79.9. The van der Waals surface area contributed by atoms with Crippen LogP contribution < -0.4 is 10.6 Å². The zero-order chi connectivity index (χ0) is 31.6. The number of aliphatic hydroxyl groups is 1. The second-order valence-electron chi connectivity index (χ2n) is 12.9. The summed E-state index contributed by atoms with van der Waals surface area (Å²) in [5.74, 6) is -1.50. The average molecular weight is 675 g/mol. The normalized spacial score (nSPS) is 30.6. The Morgan fingerprint density at radius 3 is 2.64 bits per heavy atom. The van der Waals surface area contributed by atoms with Crippen LogP contribution in [0.5, 0.6) is 0 Å². The van der Waals surface area contributed by atoms with E-state index in [1.807, 2.05) is 36.4 Å². The van der Waals surface area contributed by atoms with Crippen LogP contribution in [0.2, 0.25) is 0 Å². The maximum atomic E-state index is 13.8. The number of hydrogen-bond donors (Lipinski definition) is 4. The molecule has 1 saturated carbocycles. The molecule has 3 heterocycles. The lowest BCUT2D eigenvalue weighted by Crippen LogP contribution is -2.58. The number of alkyl carbamates (subject to hydrolysis) is 1. The third kappa shape index (κ3) is 7.29. The molecule has 4 N–H and O–H groups in total. The molecule has 0 spiro atoms.